The van der Waals surface area contributed by atoms with E-state index < -0.39 is 5.91 Å². The minimum atomic E-state index is -0.553. The van der Waals surface area contributed by atoms with Crippen LogP contribution in [0.5, 0.6) is 5.75 Å². The van der Waals surface area contributed by atoms with E-state index in [0.717, 1.165) is 11.3 Å². The summed E-state index contributed by atoms with van der Waals surface area (Å²) in [4.78, 5) is 25.7. The van der Waals surface area contributed by atoms with Crippen molar-refractivity contribution >= 4 is 17.4 Å². The predicted molar refractivity (Wildman–Crippen MR) is 112 cm³/mol. The summed E-state index contributed by atoms with van der Waals surface area (Å²) in [6.07, 6.45) is 2.45. The number of primary amides is 1. The van der Waals surface area contributed by atoms with Crippen LogP contribution < -0.4 is 15.8 Å². The van der Waals surface area contributed by atoms with Gasteiger partial charge < -0.3 is 15.8 Å². The summed E-state index contributed by atoms with van der Waals surface area (Å²) >= 11 is 0. The third-order valence-corrected chi connectivity index (χ3v) is 5.17. The summed E-state index contributed by atoms with van der Waals surface area (Å²) in [5, 5.41) is 3.24. The number of halogens is 1. The van der Waals surface area contributed by atoms with Crippen LogP contribution >= 0.6 is 0 Å². The molecule has 0 atom stereocenters. The molecule has 0 unspecified atom stereocenters. The van der Waals surface area contributed by atoms with Gasteiger partial charge in [0.05, 0.1) is 23.6 Å². The Morgan fingerprint density at radius 3 is 2.94 bits per heavy atom. The third kappa shape index (κ3) is 3.33. The van der Waals surface area contributed by atoms with E-state index >= 15 is 0 Å². The molecule has 0 spiro atoms. The van der Waals surface area contributed by atoms with Gasteiger partial charge in [0.2, 0.25) is 0 Å². The second-order valence-corrected chi connectivity index (χ2v) is 7.28. The number of anilines is 1. The number of rotatable bonds is 5. The van der Waals surface area contributed by atoms with Crippen LogP contribution in [0.1, 0.15) is 27.3 Å². The number of carbonyl (C=O) groups excluding carboxylic acids is 1. The predicted octanol–water partition coefficient (Wildman–Crippen LogP) is 2.88. The highest BCUT2D eigenvalue weighted by atomic mass is 19.1. The van der Waals surface area contributed by atoms with E-state index in [1.165, 1.54) is 12.1 Å². The number of carbonyl (C=O) groups is 1. The Bertz CT molecular complexity index is 1330. The number of aryl methyl sites for hydroxylation is 1. The zero-order valence-corrected chi connectivity index (χ0v) is 16.7. The van der Waals surface area contributed by atoms with Crippen molar-refractivity contribution in [2.75, 3.05) is 11.9 Å². The quantitative estimate of drug-likeness (QED) is 0.516. The largest absolute Gasteiger partial charge is 0.487 e. The van der Waals surface area contributed by atoms with Gasteiger partial charge in [-0.2, -0.15) is 0 Å². The Labute approximate surface area is 176 Å². The highest BCUT2D eigenvalue weighted by molar-refractivity contribution is 5.99. The minimum absolute atomic E-state index is 0.296. The van der Waals surface area contributed by atoms with Crippen LogP contribution in [-0.4, -0.2) is 31.9 Å². The first-order valence-corrected chi connectivity index (χ1v) is 9.81. The lowest BCUT2D eigenvalue weighted by molar-refractivity contribution is 0.100. The van der Waals surface area contributed by atoms with Gasteiger partial charge in [-0.15, -0.1) is 0 Å². The Kier molecular flexibility index (Phi) is 4.50. The molecule has 4 heterocycles. The molecule has 9 heteroatoms. The van der Waals surface area contributed by atoms with Gasteiger partial charge in [-0.1, -0.05) is 12.1 Å². The van der Waals surface area contributed by atoms with Gasteiger partial charge in [0, 0.05) is 19.2 Å². The number of ether oxygens (including phenoxy) is 1. The first-order chi connectivity index (χ1) is 15.0. The smallest absolute Gasteiger partial charge is 0.252 e. The van der Waals surface area contributed by atoms with Crippen LogP contribution in [0.4, 0.5) is 10.2 Å². The average molecular weight is 418 g/mol. The monoisotopic (exact) mass is 418 g/mol. The molecule has 0 bridgehead atoms. The molecule has 5 rings (SSSR count). The van der Waals surface area contributed by atoms with Crippen molar-refractivity contribution in [3.8, 4) is 17.3 Å². The molecule has 1 amide bonds. The van der Waals surface area contributed by atoms with E-state index in [1.54, 1.807) is 28.8 Å². The number of aromatic nitrogens is 4. The molecule has 0 saturated heterocycles. The van der Waals surface area contributed by atoms with E-state index in [2.05, 4.69) is 10.3 Å². The van der Waals surface area contributed by atoms with Gasteiger partial charge in [0.15, 0.2) is 17.4 Å². The number of benzene rings is 1. The molecule has 0 fully saturated rings. The Balaban J connectivity index is 1.60. The Hall–Kier alpha value is -4.01. The lowest BCUT2D eigenvalue weighted by Gasteiger charge is -2.12. The van der Waals surface area contributed by atoms with Crippen LogP contribution in [0, 0.1) is 12.7 Å². The van der Waals surface area contributed by atoms with Gasteiger partial charge in [0.25, 0.3) is 5.91 Å². The van der Waals surface area contributed by atoms with Crippen LogP contribution in [0.25, 0.3) is 17.2 Å². The van der Waals surface area contributed by atoms with Crippen molar-refractivity contribution in [3.05, 3.63) is 70.9 Å². The first-order valence-electron chi connectivity index (χ1n) is 9.81. The van der Waals surface area contributed by atoms with Crippen LogP contribution in [0.15, 0.2) is 42.6 Å². The second-order valence-electron chi connectivity index (χ2n) is 7.28. The summed E-state index contributed by atoms with van der Waals surface area (Å²) in [6, 6.07) is 9.74. The maximum Gasteiger partial charge on any atom is 0.252 e. The Morgan fingerprint density at radius 1 is 1.26 bits per heavy atom. The number of fused-ring (bicyclic) bond motifs is 2. The molecule has 0 radical (unpaired) electrons. The summed E-state index contributed by atoms with van der Waals surface area (Å²) in [5.41, 5.74) is 9.19. The first kappa shape index (κ1) is 19.0. The standard InChI is InChI=1S/C22H19FN6O2/c1-12-17(29-8-3-6-15(19(24)30)22(29)26-12)20-27-16-7-9-31-18(16)21(28-20)25-11-13-4-2-5-14(23)10-13/h2-6,8,10H,7,9,11H2,1H3,(H2,24,30)(H,25,27,28). The zero-order chi connectivity index (χ0) is 21.5. The molecular weight excluding hydrogens is 399 g/mol. The highest BCUT2D eigenvalue weighted by Crippen LogP contribution is 2.34. The molecule has 156 valence electrons. The third-order valence-electron chi connectivity index (χ3n) is 5.17. The molecule has 4 aromatic rings. The van der Waals surface area contributed by atoms with Crippen molar-refractivity contribution in [2.24, 2.45) is 5.73 Å². The van der Waals surface area contributed by atoms with Crippen molar-refractivity contribution in [1.82, 2.24) is 19.4 Å². The number of nitrogens with one attached hydrogen (secondary N) is 1. The number of hydrogen-bond acceptors (Lipinski definition) is 6. The van der Waals surface area contributed by atoms with Crippen molar-refractivity contribution in [2.45, 2.75) is 19.9 Å². The van der Waals surface area contributed by atoms with Gasteiger partial charge in [-0.3, -0.25) is 9.20 Å². The Morgan fingerprint density at radius 2 is 2.13 bits per heavy atom. The zero-order valence-electron chi connectivity index (χ0n) is 16.7. The van der Waals surface area contributed by atoms with E-state index in [9.17, 15) is 9.18 Å². The topological polar surface area (TPSA) is 107 Å². The summed E-state index contributed by atoms with van der Waals surface area (Å²) < 4.78 is 21.0. The van der Waals surface area contributed by atoms with Gasteiger partial charge in [-0.05, 0) is 36.8 Å². The molecule has 0 aliphatic carbocycles. The van der Waals surface area contributed by atoms with E-state index in [4.69, 9.17) is 20.4 Å². The molecule has 8 nitrogen and oxygen atoms in total. The average Bonchev–Trinajstić information content (AvgIpc) is 3.35. The van der Waals surface area contributed by atoms with Crippen LogP contribution in [-0.2, 0) is 13.0 Å². The molecule has 1 aromatic carbocycles. The van der Waals surface area contributed by atoms with Crippen molar-refractivity contribution < 1.29 is 13.9 Å². The van der Waals surface area contributed by atoms with Gasteiger partial charge in [0.1, 0.15) is 17.2 Å². The number of hydrogen-bond donors (Lipinski definition) is 2. The number of imidazole rings is 1. The summed E-state index contributed by atoms with van der Waals surface area (Å²) in [6.45, 7) is 2.72. The molecule has 1 aliphatic heterocycles. The fourth-order valence-electron chi connectivity index (χ4n) is 3.77. The van der Waals surface area contributed by atoms with Crippen LogP contribution in [0.2, 0.25) is 0 Å². The van der Waals surface area contributed by atoms with E-state index in [-0.39, 0.29) is 5.82 Å². The number of amides is 1. The van der Waals surface area contributed by atoms with Crippen LogP contribution in [0.3, 0.4) is 0 Å². The van der Waals surface area contributed by atoms with Crippen molar-refractivity contribution in [1.29, 1.82) is 0 Å². The molecule has 0 saturated carbocycles. The van der Waals surface area contributed by atoms with E-state index in [1.807, 2.05) is 13.0 Å². The van der Waals surface area contributed by atoms with Gasteiger partial charge >= 0.3 is 0 Å². The number of nitrogens with zero attached hydrogens (tertiary/aromatic N) is 4. The fourth-order valence-corrected chi connectivity index (χ4v) is 3.77. The molecule has 3 aromatic heterocycles. The van der Waals surface area contributed by atoms with Gasteiger partial charge in [-0.25, -0.2) is 19.3 Å². The molecular formula is C22H19FN6O2. The number of nitrogens with two attached hydrogens (primary N) is 1. The summed E-state index contributed by atoms with van der Waals surface area (Å²) in [7, 11) is 0. The highest BCUT2D eigenvalue weighted by Gasteiger charge is 2.24. The van der Waals surface area contributed by atoms with E-state index in [0.29, 0.717) is 59.6 Å². The minimum Gasteiger partial charge on any atom is -0.487 e. The lowest BCUT2D eigenvalue weighted by atomic mass is 10.2. The van der Waals surface area contributed by atoms with Crippen molar-refractivity contribution in [3.63, 3.8) is 0 Å². The second kappa shape index (κ2) is 7.35. The SMILES string of the molecule is Cc1nc2c(C(N)=O)cccn2c1-c1nc2c(c(NCc3cccc(F)c3)n1)OCC2. The fraction of sp³-hybridized carbons (Fsp3) is 0.182. The maximum atomic E-state index is 13.5. The summed E-state index contributed by atoms with van der Waals surface area (Å²) in [5.74, 6) is 0.739. The lowest BCUT2D eigenvalue weighted by Crippen LogP contribution is -2.12. The molecule has 3 N–H and O–H groups in total. The normalized spacial score (nSPS) is 12.6. The number of pyridine rings is 1. The molecule has 1 aliphatic rings. The maximum absolute atomic E-state index is 13.5. The molecule has 31 heavy (non-hydrogen) atoms.